The number of rotatable bonds is 6. The molecule has 1 saturated heterocycles. The molecule has 24 heavy (non-hydrogen) atoms. The maximum atomic E-state index is 4.50. The summed E-state index contributed by atoms with van der Waals surface area (Å²) in [6.45, 7) is 4.32. The Bertz CT molecular complexity index is 522. The molecule has 5 nitrogen and oxygen atoms in total. The van der Waals surface area contributed by atoms with Crippen LogP contribution in [0.15, 0.2) is 29.4 Å². The van der Waals surface area contributed by atoms with E-state index in [4.69, 9.17) is 0 Å². The fourth-order valence-corrected chi connectivity index (χ4v) is 4.12. The molecule has 1 aliphatic heterocycles. The van der Waals surface area contributed by atoms with E-state index in [1.54, 1.807) is 0 Å². The number of anilines is 1. The summed E-state index contributed by atoms with van der Waals surface area (Å²) in [5.74, 6) is 2.05. The lowest BCUT2D eigenvalue weighted by atomic mass is 9.86. The van der Waals surface area contributed by atoms with E-state index in [1.807, 2.05) is 31.4 Å². The van der Waals surface area contributed by atoms with Crippen molar-refractivity contribution >= 4 is 11.8 Å². The van der Waals surface area contributed by atoms with Crippen LogP contribution in [0.1, 0.15) is 44.9 Å². The molecular weight excluding hydrogens is 298 g/mol. The van der Waals surface area contributed by atoms with E-state index in [0.717, 1.165) is 37.7 Å². The Morgan fingerprint density at radius 2 is 2.04 bits per heavy atom. The summed E-state index contributed by atoms with van der Waals surface area (Å²) >= 11 is 0. The van der Waals surface area contributed by atoms with Gasteiger partial charge in [-0.1, -0.05) is 18.9 Å². The molecule has 1 saturated carbocycles. The average molecular weight is 329 g/mol. The molecule has 1 aromatic heterocycles. The Morgan fingerprint density at radius 3 is 2.79 bits per heavy atom. The third-order valence-electron chi connectivity index (χ3n) is 5.47. The first-order valence-electron chi connectivity index (χ1n) is 9.42. The second kappa shape index (κ2) is 8.36. The lowest BCUT2D eigenvalue weighted by Gasteiger charge is -2.25. The van der Waals surface area contributed by atoms with Gasteiger partial charge in [0.2, 0.25) is 0 Å². The minimum atomic E-state index is 0.601. The van der Waals surface area contributed by atoms with Gasteiger partial charge >= 0.3 is 0 Å². The van der Waals surface area contributed by atoms with E-state index < -0.39 is 0 Å². The number of aromatic nitrogens is 1. The summed E-state index contributed by atoms with van der Waals surface area (Å²) in [7, 11) is 1.91. The minimum absolute atomic E-state index is 0.601. The Balaban J connectivity index is 1.32. The Hall–Kier alpha value is -1.78. The van der Waals surface area contributed by atoms with Gasteiger partial charge in [0, 0.05) is 39.4 Å². The highest BCUT2D eigenvalue weighted by Crippen LogP contribution is 2.45. The summed E-state index contributed by atoms with van der Waals surface area (Å²) in [5, 5.41) is 6.90. The van der Waals surface area contributed by atoms with E-state index in [0.29, 0.717) is 5.41 Å². The average Bonchev–Trinajstić information content (AvgIpc) is 3.25. The fourth-order valence-electron chi connectivity index (χ4n) is 4.12. The van der Waals surface area contributed by atoms with Gasteiger partial charge in [-0.2, -0.15) is 0 Å². The number of nitrogens with zero attached hydrogens (tertiary/aromatic N) is 3. The van der Waals surface area contributed by atoms with Gasteiger partial charge in [0.05, 0.1) is 0 Å². The van der Waals surface area contributed by atoms with Crippen molar-refractivity contribution in [2.24, 2.45) is 10.4 Å². The number of hydrogen-bond acceptors (Lipinski definition) is 3. The normalized spacial score (nSPS) is 19.9. The van der Waals surface area contributed by atoms with Gasteiger partial charge in [-0.3, -0.25) is 4.99 Å². The van der Waals surface area contributed by atoms with Gasteiger partial charge in [-0.15, -0.1) is 0 Å². The first-order valence-corrected chi connectivity index (χ1v) is 9.42. The molecule has 1 aromatic rings. The predicted molar refractivity (Wildman–Crippen MR) is 100 cm³/mol. The summed E-state index contributed by atoms with van der Waals surface area (Å²) in [6.07, 6.45) is 11.1. The van der Waals surface area contributed by atoms with Crippen molar-refractivity contribution in [3.05, 3.63) is 24.4 Å². The van der Waals surface area contributed by atoms with Gasteiger partial charge in [0.25, 0.3) is 0 Å². The Kier molecular flexibility index (Phi) is 5.94. The van der Waals surface area contributed by atoms with E-state index >= 15 is 0 Å². The highest BCUT2D eigenvalue weighted by atomic mass is 15.3. The molecule has 0 aromatic carbocycles. The third-order valence-corrected chi connectivity index (χ3v) is 5.47. The van der Waals surface area contributed by atoms with Crippen LogP contribution in [0.3, 0.4) is 0 Å². The fraction of sp³-hybridized carbons (Fsp3) is 0.684. The zero-order valence-corrected chi connectivity index (χ0v) is 14.9. The largest absolute Gasteiger partial charge is 0.370 e. The first-order chi connectivity index (χ1) is 11.8. The molecule has 3 rings (SSSR count). The van der Waals surface area contributed by atoms with Gasteiger partial charge in [0.1, 0.15) is 5.82 Å². The minimum Gasteiger partial charge on any atom is -0.370 e. The SMILES string of the molecule is CN=C(NCCCCNc1ccccn1)N1CCC2(CCCC2)C1. The highest BCUT2D eigenvalue weighted by molar-refractivity contribution is 5.80. The molecular formula is C19H31N5. The number of hydrogen-bond donors (Lipinski definition) is 2. The molecule has 0 unspecified atom stereocenters. The summed E-state index contributed by atoms with van der Waals surface area (Å²) in [6, 6.07) is 5.95. The molecule has 132 valence electrons. The van der Waals surface area contributed by atoms with Crippen LogP contribution in [0, 0.1) is 5.41 Å². The lowest BCUT2D eigenvalue weighted by molar-refractivity contribution is 0.309. The number of aliphatic imine (C=N–C) groups is 1. The van der Waals surface area contributed by atoms with Crippen LogP contribution in [0.4, 0.5) is 5.82 Å². The van der Waals surface area contributed by atoms with Crippen molar-refractivity contribution in [1.29, 1.82) is 0 Å². The molecule has 0 radical (unpaired) electrons. The number of guanidine groups is 1. The summed E-state index contributed by atoms with van der Waals surface area (Å²) in [5.41, 5.74) is 0.601. The topological polar surface area (TPSA) is 52.6 Å². The van der Waals surface area contributed by atoms with Gasteiger partial charge in [0.15, 0.2) is 5.96 Å². The zero-order valence-electron chi connectivity index (χ0n) is 14.9. The van der Waals surface area contributed by atoms with Crippen molar-refractivity contribution in [2.45, 2.75) is 44.9 Å². The first kappa shape index (κ1) is 17.1. The van der Waals surface area contributed by atoms with Crippen LogP contribution >= 0.6 is 0 Å². The molecule has 2 fully saturated rings. The molecule has 1 spiro atoms. The van der Waals surface area contributed by atoms with Crippen molar-refractivity contribution in [1.82, 2.24) is 15.2 Å². The number of likely N-dealkylation sites (tertiary alicyclic amines) is 1. The van der Waals surface area contributed by atoms with E-state index in [9.17, 15) is 0 Å². The maximum absolute atomic E-state index is 4.50. The number of nitrogens with one attached hydrogen (secondary N) is 2. The highest BCUT2D eigenvalue weighted by Gasteiger charge is 2.40. The smallest absolute Gasteiger partial charge is 0.193 e. The Morgan fingerprint density at radius 1 is 1.21 bits per heavy atom. The molecule has 2 heterocycles. The quantitative estimate of drug-likeness (QED) is 0.478. The molecule has 0 bridgehead atoms. The monoisotopic (exact) mass is 329 g/mol. The molecule has 0 atom stereocenters. The van der Waals surface area contributed by atoms with Crippen LogP contribution in [-0.2, 0) is 0 Å². The Labute approximate surface area is 146 Å². The summed E-state index contributed by atoms with van der Waals surface area (Å²) in [4.78, 5) is 11.2. The lowest BCUT2D eigenvalue weighted by Crippen LogP contribution is -2.41. The number of pyridine rings is 1. The van der Waals surface area contributed by atoms with Crippen molar-refractivity contribution < 1.29 is 0 Å². The number of unbranched alkanes of at least 4 members (excludes halogenated alkanes) is 1. The molecule has 1 aliphatic carbocycles. The summed E-state index contributed by atoms with van der Waals surface area (Å²) < 4.78 is 0. The van der Waals surface area contributed by atoms with Crippen molar-refractivity contribution in [3.63, 3.8) is 0 Å². The second-order valence-corrected chi connectivity index (χ2v) is 7.20. The molecule has 0 amide bonds. The van der Waals surface area contributed by atoms with Crippen LogP contribution in [0.25, 0.3) is 0 Å². The standard InChI is InChI=1S/C19H31N5/c1-20-18(24-15-11-19(16-24)9-3-4-10-19)23-14-7-6-13-22-17-8-2-5-12-21-17/h2,5,8,12H,3-4,6-7,9-11,13-16H2,1H3,(H,20,23)(H,21,22). The van der Waals surface area contributed by atoms with Crippen LogP contribution in [0.5, 0.6) is 0 Å². The predicted octanol–water partition coefficient (Wildman–Crippen LogP) is 3.12. The van der Waals surface area contributed by atoms with E-state index in [1.165, 1.54) is 45.2 Å². The van der Waals surface area contributed by atoms with Gasteiger partial charge < -0.3 is 15.5 Å². The molecule has 2 aliphatic rings. The van der Waals surface area contributed by atoms with Gasteiger partial charge in [-0.25, -0.2) is 4.98 Å². The molecule has 5 heteroatoms. The van der Waals surface area contributed by atoms with Crippen LogP contribution in [0.2, 0.25) is 0 Å². The van der Waals surface area contributed by atoms with Crippen LogP contribution in [-0.4, -0.2) is 49.1 Å². The van der Waals surface area contributed by atoms with E-state index in [-0.39, 0.29) is 0 Å². The van der Waals surface area contributed by atoms with Crippen LogP contribution < -0.4 is 10.6 Å². The zero-order chi connectivity index (χ0) is 16.7. The van der Waals surface area contributed by atoms with Gasteiger partial charge in [-0.05, 0) is 49.7 Å². The second-order valence-electron chi connectivity index (χ2n) is 7.20. The maximum Gasteiger partial charge on any atom is 0.193 e. The molecule has 2 N–H and O–H groups in total. The van der Waals surface area contributed by atoms with Crippen molar-refractivity contribution in [3.8, 4) is 0 Å². The van der Waals surface area contributed by atoms with Crippen molar-refractivity contribution in [2.75, 3.05) is 38.5 Å². The van der Waals surface area contributed by atoms with E-state index in [2.05, 4.69) is 25.5 Å². The third kappa shape index (κ3) is 4.40.